The maximum atomic E-state index is 13.1. The first-order chi connectivity index (χ1) is 15.2. The van der Waals surface area contributed by atoms with Gasteiger partial charge >= 0.3 is 0 Å². The van der Waals surface area contributed by atoms with E-state index in [1.54, 1.807) is 32.4 Å². The highest BCUT2D eigenvalue weighted by molar-refractivity contribution is 7.89. The van der Waals surface area contributed by atoms with Crippen LogP contribution in [0, 0.1) is 0 Å². The molecule has 1 aliphatic rings. The summed E-state index contributed by atoms with van der Waals surface area (Å²) < 4.78 is 43.8. The lowest BCUT2D eigenvalue weighted by atomic mass is 10.1. The summed E-state index contributed by atoms with van der Waals surface area (Å²) in [6.07, 6.45) is 0.186. The molecule has 9 heteroatoms. The molecule has 8 nitrogen and oxygen atoms in total. The van der Waals surface area contributed by atoms with Crippen LogP contribution in [-0.2, 0) is 21.2 Å². The van der Waals surface area contributed by atoms with E-state index in [1.165, 1.54) is 16.4 Å². The van der Waals surface area contributed by atoms with Crippen molar-refractivity contribution in [2.24, 2.45) is 0 Å². The van der Waals surface area contributed by atoms with E-state index in [9.17, 15) is 13.2 Å². The van der Waals surface area contributed by atoms with Gasteiger partial charge in [0.25, 0.3) is 5.91 Å². The highest BCUT2D eigenvalue weighted by Gasteiger charge is 2.32. The van der Waals surface area contributed by atoms with E-state index in [2.05, 4.69) is 5.32 Å². The number of nitrogens with zero attached hydrogens (tertiary/aromatic N) is 1. The monoisotopic (exact) mass is 462 g/mol. The zero-order valence-electron chi connectivity index (χ0n) is 18.8. The van der Waals surface area contributed by atoms with Gasteiger partial charge in [0.1, 0.15) is 11.5 Å². The van der Waals surface area contributed by atoms with Crippen LogP contribution in [0.15, 0.2) is 47.4 Å². The molecule has 1 fully saturated rings. The third-order valence-electron chi connectivity index (χ3n) is 5.29. The Kier molecular flexibility index (Phi) is 7.76. The van der Waals surface area contributed by atoms with E-state index in [-0.39, 0.29) is 36.1 Å². The van der Waals surface area contributed by atoms with Gasteiger partial charge in [0.15, 0.2) is 0 Å². The summed E-state index contributed by atoms with van der Waals surface area (Å²) >= 11 is 0. The highest BCUT2D eigenvalue weighted by Crippen LogP contribution is 2.25. The second-order valence-electron chi connectivity index (χ2n) is 7.79. The molecule has 2 aromatic rings. The molecule has 1 amide bonds. The van der Waals surface area contributed by atoms with Gasteiger partial charge in [-0.1, -0.05) is 12.1 Å². The summed E-state index contributed by atoms with van der Waals surface area (Å²) in [6.45, 7) is 4.64. The molecule has 0 aliphatic carbocycles. The number of ether oxygens (including phenoxy) is 3. The number of carbonyl (C=O) groups excluding carboxylic acids is 1. The molecule has 2 unspecified atom stereocenters. The first-order valence-corrected chi connectivity index (χ1v) is 11.9. The Morgan fingerprint density at radius 1 is 1.09 bits per heavy atom. The fraction of sp³-hybridized carbons (Fsp3) is 0.435. The SMILES string of the molecule is COc1ccc(CCNC(=O)c2cccc(S(=O)(=O)N3CC(C)OC(C)C3)c2)c(OC)c1. The highest BCUT2D eigenvalue weighted by atomic mass is 32.2. The van der Waals surface area contributed by atoms with Crippen LogP contribution in [0.5, 0.6) is 11.5 Å². The zero-order valence-corrected chi connectivity index (χ0v) is 19.6. The van der Waals surface area contributed by atoms with Crippen molar-refractivity contribution in [3.63, 3.8) is 0 Å². The van der Waals surface area contributed by atoms with Crippen molar-refractivity contribution in [3.05, 3.63) is 53.6 Å². The average Bonchev–Trinajstić information content (AvgIpc) is 2.78. The van der Waals surface area contributed by atoms with E-state index >= 15 is 0 Å². The number of hydrogen-bond donors (Lipinski definition) is 1. The summed E-state index contributed by atoms with van der Waals surface area (Å²) in [4.78, 5) is 12.8. The van der Waals surface area contributed by atoms with Gasteiger partial charge in [-0.2, -0.15) is 4.31 Å². The third-order valence-corrected chi connectivity index (χ3v) is 7.12. The molecule has 0 aromatic heterocycles. The van der Waals surface area contributed by atoms with Crippen LogP contribution in [0.25, 0.3) is 0 Å². The van der Waals surface area contributed by atoms with Crippen molar-refractivity contribution in [1.82, 2.24) is 9.62 Å². The molecule has 2 atom stereocenters. The lowest BCUT2D eigenvalue weighted by Gasteiger charge is -2.34. The van der Waals surface area contributed by atoms with E-state index < -0.39 is 10.0 Å². The van der Waals surface area contributed by atoms with Crippen LogP contribution in [0.3, 0.4) is 0 Å². The van der Waals surface area contributed by atoms with Crippen LogP contribution in [0.4, 0.5) is 0 Å². The first kappa shape index (κ1) is 24.0. The van der Waals surface area contributed by atoms with E-state index in [1.807, 2.05) is 26.0 Å². The second-order valence-corrected chi connectivity index (χ2v) is 9.73. The summed E-state index contributed by atoms with van der Waals surface area (Å²) in [5, 5.41) is 2.85. The zero-order chi connectivity index (χ0) is 23.3. The number of nitrogens with one attached hydrogen (secondary N) is 1. The third kappa shape index (κ3) is 5.59. The molecule has 0 bridgehead atoms. The summed E-state index contributed by atoms with van der Waals surface area (Å²) in [6, 6.07) is 11.6. The van der Waals surface area contributed by atoms with Crippen molar-refractivity contribution >= 4 is 15.9 Å². The number of morpholine rings is 1. The standard InChI is InChI=1S/C23H30N2O6S/c1-16-14-25(15-17(2)31-16)32(27,28)21-7-5-6-19(12-21)23(26)24-11-10-18-8-9-20(29-3)13-22(18)30-4/h5-9,12-13,16-17H,10-11,14-15H2,1-4H3,(H,24,26). The fourth-order valence-corrected chi connectivity index (χ4v) is 5.38. The summed E-state index contributed by atoms with van der Waals surface area (Å²) in [5.74, 6) is 1.04. The van der Waals surface area contributed by atoms with Gasteiger partial charge in [-0.15, -0.1) is 0 Å². The molecule has 0 saturated carbocycles. The number of hydrogen-bond acceptors (Lipinski definition) is 6. The quantitative estimate of drug-likeness (QED) is 0.648. The molecule has 3 rings (SSSR count). The minimum Gasteiger partial charge on any atom is -0.497 e. The number of rotatable bonds is 8. The van der Waals surface area contributed by atoms with Gasteiger partial charge < -0.3 is 19.5 Å². The Balaban J connectivity index is 1.67. The molecular formula is C23H30N2O6S. The predicted octanol–water partition coefficient (Wildman–Crippen LogP) is 2.47. The van der Waals surface area contributed by atoms with Gasteiger partial charge in [0.05, 0.1) is 31.3 Å². The molecule has 174 valence electrons. The minimum absolute atomic E-state index is 0.100. The summed E-state index contributed by atoms with van der Waals surface area (Å²) in [7, 11) is -0.549. The van der Waals surface area contributed by atoms with Gasteiger partial charge in [-0.3, -0.25) is 4.79 Å². The van der Waals surface area contributed by atoms with Crippen molar-refractivity contribution in [3.8, 4) is 11.5 Å². The van der Waals surface area contributed by atoms with E-state index in [4.69, 9.17) is 14.2 Å². The Hall–Kier alpha value is -2.62. The molecule has 1 heterocycles. The van der Waals surface area contributed by atoms with Crippen molar-refractivity contribution in [2.45, 2.75) is 37.4 Å². The van der Waals surface area contributed by atoms with Gasteiger partial charge in [0, 0.05) is 31.3 Å². The Bertz CT molecular complexity index is 1050. The fourth-order valence-electron chi connectivity index (χ4n) is 3.74. The predicted molar refractivity (Wildman–Crippen MR) is 121 cm³/mol. The van der Waals surface area contributed by atoms with Crippen molar-refractivity contribution in [2.75, 3.05) is 33.9 Å². The molecule has 32 heavy (non-hydrogen) atoms. The lowest BCUT2D eigenvalue weighted by molar-refractivity contribution is -0.0440. The minimum atomic E-state index is -3.72. The largest absolute Gasteiger partial charge is 0.497 e. The van der Waals surface area contributed by atoms with Crippen LogP contribution in [0.2, 0.25) is 0 Å². The topological polar surface area (TPSA) is 94.2 Å². The maximum Gasteiger partial charge on any atom is 0.251 e. The number of carbonyl (C=O) groups is 1. The smallest absolute Gasteiger partial charge is 0.251 e. The number of amides is 1. The number of benzene rings is 2. The van der Waals surface area contributed by atoms with E-state index in [0.29, 0.717) is 30.0 Å². The van der Waals surface area contributed by atoms with Gasteiger partial charge in [-0.25, -0.2) is 8.42 Å². The molecule has 0 radical (unpaired) electrons. The molecular weight excluding hydrogens is 432 g/mol. The maximum absolute atomic E-state index is 13.1. The van der Waals surface area contributed by atoms with Crippen molar-refractivity contribution < 1.29 is 27.4 Å². The normalized spacial score (nSPS) is 19.4. The van der Waals surface area contributed by atoms with Gasteiger partial charge in [-0.05, 0) is 50.1 Å². The van der Waals surface area contributed by atoms with E-state index in [0.717, 1.165) is 5.56 Å². The van der Waals surface area contributed by atoms with Crippen molar-refractivity contribution in [1.29, 1.82) is 0 Å². The molecule has 2 aromatic carbocycles. The van der Waals surface area contributed by atoms with Crippen LogP contribution in [-0.4, -0.2) is 64.7 Å². The summed E-state index contributed by atoms with van der Waals surface area (Å²) in [5.41, 5.74) is 1.22. The Labute approximate surface area is 189 Å². The van der Waals surface area contributed by atoms with Crippen LogP contribution < -0.4 is 14.8 Å². The first-order valence-electron chi connectivity index (χ1n) is 10.5. The Morgan fingerprint density at radius 2 is 1.81 bits per heavy atom. The lowest BCUT2D eigenvalue weighted by Crippen LogP contribution is -2.48. The van der Waals surface area contributed by atoms with Crippen LogP contribution >= 0.6 is 0 Å². The number of sulfonamides is 1. The molecule has 1 aliphatic heterocycles. The molecule has 0 spiro atoms. The number of methoxy groups -OCH3 is 2. The van der Waals surface area contributed by atoms with Gasteiger partial charge in [0.2, 0.25) is 10.0 Å². The second kappa shape index (κ2) is 10.3. The average molecular weight is 463 g/mol. The van der Waals surface area contributed by atoms with Crippen LogP contribution in [0.1, 0.15) is 29.8 Å². The Morgan fingerprint density at radius 3 is 2.47 bits per heavy atom. The molecule has 1 saturated heterocycles. The molecule has 1 N–H and O–H groups in total.